The molecule has 2 N–H and O–H groups in total. The van der Waals surface area contributed by atoms with Gasteiger partial charge in [0.1, 0.15) is 0 Å². The number of nitrogens with zero attached hydrogens (tertiary/aromatic N) is 1. The second kappa shape index (κ2) is 5.14. The molecule has 92 valence electrons. The predicted octanol–water partition coefficient (Wildman–Crippen LogP) is 2.07. The molecule has 0 aromatic heterocycles. The molecular formula is C12H17N3O2. The van der Waals surface area contributed by atoms with E-state index >= 15 is 0 Å². The van der Waals surface area contributed by atoms with Crippen LogP contribution < -0.4 is 10.6 Å². The number of aryl methyl sites for hydroxylation is 1. The van der Waals surface area contributed by atoms with Crippen molar-refractivity contribution in [1.82, 2.24) is 5.32 Å². The van der Waals surface area contributed by atoms with Gasteiger partial charge in [0.25, 0.3) is 5.69 Å². The van der Waals surface area contributed by atoms with Gasteiger partial charge in [-0.15, -0.1) is 0 Å². The molecule has 17 heavy (non-hydrogen) atoms. The highest BCUT2D eigenvalue weighted by atomic mass is 16.6. The Labute approximate surface area is 100 Å². The molecule has 1 fully saturated rings. The van der Waals surface area contributed by atoms with Crippen molar-refractivity contribution in [1.29, 1.82) is 0 Å². The lowest BCUT2D eigenvalue weighted by atomic mass is 10.1. The third-order valence-electron chi connectivity index (χ3n) is 3.10. The summed E-state index contributed by atoms with van der Waals surface area (Å²) in [5.74, 6) is 0. The van der Waals surface area contributed by atoms with Crippen LogP contribution in [0.4, 0.5) is 11.4 Å². The van der Waals surface area contributed by atoms with E-state index in [2.05, 4.69) is 10.6 Å². The Morgan fingerprint density at radius 2 is 2.12 bits per heavy atom. The zero-order chi connectivity index (χ0) is 12.3. The van der Waals surface area contributed by atoms with Gasteiger partial charge in [-0.2, -0.15) is 0 Å². The minimum Gasteiger partial charge on any atom is -0.382 e. The van der Waals surface area contributed by atoms with E-state index in [1.165, 1.54) is 0 Å². The summed E-state index contributed by atoms with van der Waals surface area (Å²) >= 11 is 0. The normalized spacial score (nSPS) is 16.8. The minimum absolute atomic E-state index is 0.181. The van der Waals surface area contributed by atoms with Crippen molar-refractivity contribution >= 4 is 11.4 Å². The summed E-state index contributed by atoms with van der Waals surface area (Å²) in [5, 5.41) is 17.4. The Hall–Kier alpha value is -1.62. The van der Waals surface area contributed by atoms with Crippen LogP contribution in [0.2, 0.25) is 0 Å². The predicted molar refractivity (Wildman–Crippen MR) is 67.3 cm³/mol. The maximum Gasteiger partial charge on any atom is 0.272 e. The molecule has 1 aliphatic rings. The number of nitro groups is 1. The molecule has 5 nitrogen and oxygen atoms in total. The van der Waals surface area contributed by atoms with Gasteiger partial charge in [-0.05, 0) is 45.0 Å². The molecule has 0 aliphatic carbocycles. The molecule has 1 aromatic rings. The average Bonchev–Trinajstić information content (AvgIpc) is 2.30. The third kappa shape index (κ3) is 2.94. The first kappa shape index (κ1) is 11.9. The molecule has 0 saturated carbocycles. The Morgan fingerprint density at radius 1 is 1.41 bits per heavy atom. The zero-order valence-electron chi connectivity index (χ0n) is 9.90. The first-order valence-electron chi connectivity index (χ1n) is 5.89. The van der Waals surface area contributed by atoms with E-state index in [1.807, 2.05) is 6.07 Å². The highest BCUT2D eigenvalue weighted by Gasteiger charge is 2.14. The number of anilines is 1. The molecular weight excluding hydrogens is 218 g/mol. The maximum absolute atomic E-state index is 10.7. The van der Waals surface area contributed by atoms with Gasteiger partial charge >= 0.3 is 0 Å². The van der Waals surface area contributed by atoms with Crippen LogP contribution in [0.25, 0.3) is 0 Å². The van der Waals surface area contributed by atoms with E-state index in [1.54, 1.807) is 19.1 Å². The summed E-state index contributed by atoms with van der Waals surface area (Å²) in [6, 6.07) is 5.67. The van der Waals surface area contributed by atoms with Crippen LogP contribution in [0.3, 0.4) is 0 Å². The highest BCUT2D eigenvalue weighted by Crippen LogP contribution is 2.22. The van der Waals surface area contributed by atoms with E-state index in [9.17, 15) is 10.1 Å². The number of hydrogen-bond acceptors (Lipinski definition) is 4. The average molecular weight is 235 g/mol. The molecule has 1 aromatic carbocycles. The SMILES string of the molecule is Cc1cc(NC2CCNCC2)ccc1[N+](=O)[O-]. The fraction of sp³-hybridized carbons (Fsp3) is 0.500. The molecule has 2 rings (SSSR count). The summed E-state index contributed by atoms with van der Waals surface area (Å²) in [4.78, 5) is 10.4. The third-order valence-corrected chi connectivity index (χ3v) is 3.10. The number of benzene rings is 1. The topological polar surface area (TPSA) is 67.2 Å². The molecule has 1 saturated heterocycles. The standard InChI is InChI=1S/C12H17N3O2/c1-9-8-11(2-3-12(9)15(16)17)14-10-4-6-13-7-5-10/h2-3,8,10,13-14H,4-7H2,1H3. The Bertz CT molecular complexity index is 414. The maximum atomic E-state index is 10.7. The van der Waals surface area contributed by atoms with Crippen molar-refractivity contribution in [2.45, 2.75) is 25.8 Å². The van der Waals surface area contributed by atoms with Gasteiger partial charge in [-0.3, -0.25) is 10.1 Å². The van der Waals surface area contributed by atoms with Crippen molar-refractivity contribution in [2.24, 2.45) is 0 Å². The lowest BCUT2D eigenvalue weighted by Gasteiger charge is -2.24. The van der Waals surface area contributed by atoms with E-state index in [4.69, 9.17) is 0 Å². The van der Waals surface area contributed by atoms with Gasteiger partial charge in [0.2, 0.25) is 0 Å². The summed E-state index contributed by atoms with van der Waals surface area (Å²) in [5.41, 5.74) is 1.86. The molecule has 0 spiro atoms. The quantitative estimate of drug-likeness (QED) is 0.621. The van der Waals surface area contributed by atoms with Gasteiger partial charge in [-0.1, -0.05) is 0 Å². The fourth-order valence-corrected chi connectivity index (χ4v) is 2.15. The van der Waals surface area contributed by atoms with Gasteiger partial charge in [-0.25, -0.2) is 0 Å². The van der Waals surface area contributed by atoms with E-state index in [-0.39, 0.29) is 10.6 Å². The number of nitro benzene ring substituents is 1. The van der Waals surface area contributed by atoms with Crippen LogP contribution in [0.15, 0.2) is 18.2 Å². The molecule has 1 aliphatic heterocycles. The van der Waals surface area contributed by atoms with Crippen LogP contribution in [0, 0.1) is 17.0 Å². The van der Waals surface area contributed by atoms with E-state index < -0.39 is 0 Å². The monoisotopic (exact) mass is 235 g/mol. The molecule has 5 heteroatoms. The van der Waals surface area contributed by atoms with Gasteiger partial charge in [0.15, 0.2) is 0 Å². The summed E-state index contributed by atoms with van der Waals surface area (Å²) in [6.45, 7) is 3.83. The Morgan fingerprint density at radius 3 is 2.71 bits per heavy atom. The van der Waals surface area contributed by atoms with E-state index in [0.717, 1.165) is 31.6 Å². The molecule has 0 radical (unpaired) electrons. The van der Waals surface area contributed by atoms with Crippen LogP contribution in [-0.2, 0) is 0 Å². The second-order valence-corrected chi connectivity index (χ2v) is 4.43. The molecule has 0 atom stereocenters. The van der Waals surface area contributed by atoms with E-state index in [0.29, 0.717) is 11.6 Å². The number of rotatable bonds is 3. The van der Waals surface area contributed by atoms with Crippen molar-refractivity contribution in [3.63, 3.8) is 0 Å². The first-order valence-corrected chi connectivity index (χ1v) is 5.89. The summed E-state index contributed by atoms with van der Waals surface area (Å²) in [7, 11) is 0. The molecule has 0 unspecified atom stereocenters. The van der Waals surface area contributed by atoms with Gasteiger partial charge in [0, 0.05) is 23.4 Å². The smallest absolute Gasteiger partial charge is 0.272 e. The summed E-state index contributed by atoms with van der Waals surface area (Å²) < 4.78 is 0. The van der Waals surface area contributed by atoms with Gasteiger partial charge in [0.05, 0.1) is 4.92 Å². The van der Waals surface area contributed by atoms with Crippen molar-refractivity contribution in [3.05, 3.63) is 33.9 Å². The van der Waals surface area contributed by atoms with Crippen molar-refractivity contribution in [2.75, 3.05) is 18.4 Å². The molecule has 0 bridgehead atoms. The number of piperidine rings is 1. The van der Waals surface area contributed by atoms with Crippen LogP contribution in [-0.4, -0.2) is 24.1 Å². The Kier molecular flexibility index (Phi) is 3.58. The zero-order valence-corrected chi connectivity index (χ0v) is 9.90. The Balaban J connectivity index is 2.06. The van der Waals surface area contributed by atoms with Crippen LogP contribution in [0.5, 0.6) is 0 Å². The lowest BCUT2D eigenvalue weighted by molar-refractivity contribution is -0.385. The minimum atomic E-state index is -0.344. The molecule has 0 amide bonds. The largest absolute Gasteiger partial charge is 0.382 e. The highest BCUT2D eigenvalue weighted by molar-refractivity contribution is 5.54. The van der Waals surface area contributed by atoms with Crippen molar-refractivity contribution in [3.8, 4) is 0 Å². The lowest BCUT2D eigenvalue weighted by Crippen LogP contribution is -2.35. The number of hydrogen-bond donors (Lipinski definition) is 2. The van der Waals surface area contributed by atoms with Gasteiger partial charge < -0.3 is 10.6 Å². The fourth-order valence-electron chi connectivity index (χ4n) is 2.15. The van der Waals surface area contributed by atoms with Crippen LogP contribution in [0.1, 0.15) is 18.4 Å². The summed E-state index contributed by atoms with van der Waals surface area (Å²) in [6.07, 6.45) is 2.19. The first-order chi connectivity index (χ1) is 8.16. The number of nitrogens with one attached hydrogen (secondary N) is 2. The second-order valence-electron chi connectivity index (χ2n) is 4.43. The van der Waals surface area contributed by atoms with Crippen molar-refractivity contribution < 1.29 is 4.92 Å². The van der Waals surface area contributed by atoms with Crippen LogP contribution >= 0.6 is 0 Å². The molecule has 1 heterocycles.